The molecule has 2 aliphatic rings. The number of piperidine rings is 1. The molecule has 2 amide bonds. The zero-order valence-electron chi connectivity index (χ0n) is 27.3. The van der Waals surface area contributed by atoms with E-state index >= 15 is 0 Å². The van der Waals surface area contributed by atoms with Gasteiger partial charge in [0.25, 0.3) is 11.8 Å². The highest BCUT2D eigenvalue weighted by atomic mass is 16.5. The molecule has 0 bridgehead atoms. The molecule has 10 nitrogen and oxygen atoms in total. The molecule has 2 aliphatic heterocycles. The first-order chi connectivity index (χ1) is 23.3. The van der Waals surface area contributed by atoms with Gasteiger partial charge >= 0.3 is 0 Å². The van der Waals surface area contributed by atoms with E-state index in [9.17, 15) is 19.6 Å². The number of carbonyl (C=O) groups is 2. The third-order valence-electron chi connectivity index (χ3n) is 9.57. The molecule has 1 spiro atoms. The summed E-state index contributed by atoms with van der Waals surface area (Å²) >= 11 is 0. The highest BCUT2D eigenvalue weighted by molar-refractivity contribution is 5.97. The molecule has 2 aromatic carbocycles. The predicted molar refractivity (Wildman–Crippen MR) is 183 cm³/mol. The second-order valence-electron chi connectivity index (χ2n) is 12.8. The van der Waals surface area contributed by atoms with Crippen LogP contribution in [0, 0.1) is 16.7 Å². The smallest absolute Gasteiger partial charge is 0.257 e. The number of likely N-dealkylation sites (tertiary alicyclic amines) is 1. The molecule has 4 heterocycles. The van der Waals surface area contributed by atoms with E-state index in [0.717, 1.165) is 37.1 Å². The minimum Gasteiger partial charge on any atom is -0.492 e. The number of para-hydroxylation sites is 1. The highest BCUT2D eigenvalue weighted by Crippen LogP contribution is 2.38. The second-order valence-corrected chi connectivity index (χ2v) is 12.8. The van der Waals surface area contributed by atoms with Crippen molar-refractivity contribution in [3.05, 3.63) is 124 Å². The summed E-state index contributed by atoms with van der Waals surface area (Å²) in [6.45, 7) is 3.75. The van der Waals surface area contributed by atoms with Crippen molar-refractivity contribution in [2.24, 2.45) is 12.5 Å². The number of fused-ring (bicyclic) bond motifs is 1. The molecule has 10 heteroatoms. The highest BCUT2D eigenvalue weighted by Gasteiger charge is 2.37. The Morgan fingerprint density at radius 1 is 0.896 bits per heavy atom. The molecule has 0 atom stereocenters. The van der Waals surface area contributed by atoms with E-state index in [2.05, 4.69) is 16.0 Å². The number of amides is 2. The van der Waals surface area contributed by atoms with Gasteiger partial charge in [0.1, 0.15) is 17.6 Å². The predicted octanol–water partition coefficient (Wildman–Crippen LogP) is 4.90. The van der Waals surface area contributed by atoms with Crippen LogP contribution in [0.25, 0.3) is 0 Å². The Morgan fingerprint density at radius 3 is 2.40 bits per heavy atom. The van der Waals surface area contributed by atoms with E-state index in [1.54, 1.807) is 31.6 Å². The maximum atomic E-state index is 14.2. The first-order valence-electron chi connectivity index (χ1n) is 16.5. The number of nitrogens with zero attached hydrogens (tertiary/aromatic N) is 6. The molecule has 4 aromatic rings. The van der Waals surface area contributed by atoms with E-state index in [4.69, 9.17) is 4.74 Å². The lowest BCUT2D eigenvalue weighted by atomic mass is 9.75. The van der Waals surface area contributed by atoms with E-state index in [1.165, 1.54) is 10.6 Å². The quantitative estimate of drug-likeness (QED) is 0.311. The summed E-state index contributed by atoms with van der Waals surface area (Å²) < 4.78 is 7.99. The largest absolute Gasteiger partial charge is 0.492 e. The van der Waals surface area contributed by atoms with Crippen LogP contribution in [0.3, 0.4) is 0 Å². The SMILES string of the molecule is Cn1cc(C(=O)N2CCC3(CCCN(c4ccc(C#N)cn4)CCN(Cc4ccccc4)C(=O)c4ccccc4OC3)CC2)ccc1=O. The number of nitriles is 1. The summed E-state index contributed by atoms with van der Waals surface area (Å²) in [7, 11) is 1.65. The Hall–Kier alpha value is -5.43. The minimum atomic E-state index is -0.210. The van der Waals surface area contributed by atoms with Crippen molar-refractivity contribution in [2.45, 2.75) is 32.2 Å². The molecule has 2 aromatic heterocycles. The van der Waals surface area contributed by atoms with Crippen LogP contribution in [0.4, 0.5) is 5.82 Å². The number of anilines is 1. The van der Waals surface area contributed by atoms with Gasteiger partial charge < -0.3 is 24.0 Å². The topological polar surface area (TPSA) is 112 Å². The Morgan fingerprint density at radius 2 is 1.67 bits per heavy atom. The molecule has 246 valence electrons. The number of hydrogen-bond acceptors (Lipinski definition) is 7. The van der Waals surface area contributed by atoms with Gasteiger partial charge in [0.2, 0.25) is 5.56 Å². The van der Waals surface area contributed by atoms with Crippen molar-refractivity contribution in [2.75, 3.05) is 44.2 Å². The Bertz CT molecular complexity index is 1840. The molecule has 0 radical (unpaired) electrons. The lowest BCUT2D eigenvalue weighted by molar-refractivity contribution is 0.0363. The van der Waals surface area contributed by atoms with Crippen molar-refractivity contribution in [1.29, 1.82) is 5.26 Å². The summed E-state index contributed by atoms with van der Waals surface area (Å²) in [6.07, 6.45) is 6.40. The van der Waals surface area contributed by atoms with Gasteiger partial charge in [-0.3, -0.25) is 14.4 Å². The zero-order valence-corrected chi connectivity index (χ0v) is 27.3. The molecule has 1 fully saturated rings. The monoisotopic (exact) mass is 644 g/mol. The van der Waals surface area contributed by atoms with Gasteiger partial charge in [-0.15, -0.1) is 0 Å². The normalized spacial score (nSPS) is 16.9. The molecular weight excluding hydrogens is 604 g/mol. The number of rotatable bonds is 4. The lowest BCUT2D eigenvalue weighted by Crippen LogP contribution is -2.46. The van der Waals surface area contributed by atoms with Crippen LogP contribution in [-0.2, 0) is 13.6 Å². The fourth-order valence-corrected chi connectivity index (χ4v) is 6.65. The van der Waals surface area contributed by atoms with Crippen molar-refractivity contribution in [3.63, 3.8) is 0 Å². The maximum Gasteiger partial charge on any atom is 0.257 e. The third-order valence-corrected chi connectivity index (χ3v) is 9.57. The van der Waals surface area contributed by atoms with Crippen LogP contribution in [0.1, 0.15) is 57.5 Å². The van der Waals surface area contributed by atoms with Crippen LogP contribution in [0.5, 0.6) is 5.75 Å². The second kappa shape index (κ2) is 14.6. The molecule has 0 unspecified atom stereocenters. The molecule has 48 heavy (non-hydrogen) atoms. The molecule has 0 aliphatic carbocycles. The van der Waals surface area contributed by atoms with Gasteiger partial charge in [-0.25, -0.2) is 4.98 Å². The van der Waals surface area contributed by atoms with Gasteiger partial charge in [0.05, 0.1) is 23.3 Å². The number of benzene rings is 2. The number of aryl methyl sites for hydroxylation is 1. The van der Waals surface area contributed by atoms with Crippen LogP contribution >= 0.6 is 0 Å². The van der Waals surface area contributed by atoms with Crippen molar-refractivity contribution in [3.8, 4) is 11.8 Å². The van der Waals surface area contributed by atoms with Gasteiger partial charge in [-0.1, -0.05) is 42.5 Å². The van der Waals surface area contributed by atoms with Crippen LogP contribution < -0.4 is 15.2 Å². The first kappa shape index (κ1) is 32.5. The first-order valence-corrected chi connectivity index (χ1v) is 16.5. The number of carbonyl (C=O) groups excluding carboxylic acids is 2. The maximum absolute atomic E-state index is 14.2. The van der Waals surface area contributed by atoms with E-state index < -0.39 is 0 Å². The van der Waals surface area contributed by atoms with Crippen LogP contribution in [0.2, 0.25) is 0 Å². The Balaban J connectivity index is 1.28. The summed E-state index contributed by atoms with van der Waals surface area (Å²) in [4.78, 5) is 50.1. The molecule has 1 saturated heterocycles. The van der Waals surface area contributed by atoms with Gasteiger partial charge in [-0.2, -0.15) is 5.26 Å². The summed E-state index contributed by atoms with van der Waals surface area (Å²) in [5.41, 5.74) is 2.19. The van der Waals surface area contributed by atoms with Crippen LogP contribution in [-0.4, -0.2) is 70.5 Å². The number of ether oxygens (including phenoxy) is 1. The number of aromatic nitrogens is 2. The number of pyridine rings is 2. The molecular formula is C38H40N6O4. The third kappa shape index (κ3) is 7.41. The average Bonchev–Trinajstić information content (AvgIpc) is 3.13. The summed E-state index contributed by atoms with van der Waals surface area (Å²) in [5, 5.41) is 9.34. The molecule has 0 saturated carbocycles. The van der Waals surface area contributed by atoms with E-state index in [1.807, 2.05) is 70.5 Å². The zero-order chi connectivity index (χ0) is 33.5. The van der Waals surface area contributed by atoms with Crippen molar-refractivity contribution in [1.82, 2.24) is 19.4 Å². The number of hydrogen-bond donors (Lipinski definition) is 0. The summed E-state index contributed by atoms with van der Waals surface area (Å²) in [5.74, 6) is 1.14. The van der Waals surface area contributed by atoms with Gasteiger partial charge in [0.15, 0.2) is 0 Å². The average molecular weight is 645 g/mol. The Labute approximate surface area is 280 Å². The van der Waals surface area contributed by atoms with Crippen LogP contribution in [0.15, 0.2) is 96.1 Å². The Kier molecular flexibility index (Phi) is 9.86. The van der Waals surface area contributed by atoms with Crippen molar-refractivity contribution >= 4 is 17.6 Å². The minimum absolute atomic E-state index is 0.0847. The molecule has 6 rings (SSSR count). The van der Waals surface area contributed by atoms with Gasteiger partial charge in [-0.05, 0) is 61.6 Å². The fourth-order valence-electron chi connectivity index (χ4n) is 6.65. The van der Waals surface area contributed by atoms with Crippen molar-refractivity contribution < 1.29 is 14.3 Å². The molecule has 0 N–H and O–H groups in total. The lowest BCUT2D eigenvalue weighted by Gasteiger charge is -2.42. The van der Waals surface area contributed by atoms with E-state index in [0.29, 0.717) is 68.3 Å². The fraction of sp³-hybridized carbons (Fsp3) is 0.342. The van der Waals surface area contributed by atoms with E-state index in [-0.39, 0.29) is 22.8 Å². The standard InChI is InChI=1S/C38H40N6O4/c1-41-27-31(13-15-35(41)45)36(46)43-20-17-38(18-21-43)16-7-19-42(34-14-12-30(24-39)25-40-34)22-23-44(26-29-8-3-2-4-9-29)37(47)32-10-5-6-11-33(32)48-28-38/h2-6,8-15,25,27H,7,16-23,26,28H2,1H3. The van der Waals surface area contributed by atoms with Gasteiger partial charge in [0, 0.05) is 70.2 Å². The summed E-state index contributed by atoms with van der Waals surface area (Å²) in [6, 6.07) is 26.2.